The van der Waals surface area contributed by atoms with Gasteiger partial charge in [-0.05, 0) is 94.4 Å². The maximum Gasteiger partial charge on any atom is 0.261 e. The zero-order valence-corrected chi connectivity index (χ0v) is 24.3. The fourth-order valence-corrected chi connectivity index (χ4v) is 7.10. The summed E-state index contributed by atoms with van der Waals surface area (Å²) in [5, 5.41) is 6.60. The van der Waals surface area contributed by atoms with Crippen LogP contribution in [0.3, 0.4) is 0 Å². The number of carbonyl (C=O) groups is 4. The third-order valence-electron chi connectivity index (χ3n) is 8.60. The molecule has 2 aliphatic rings. The molecule has 1 atom stereocenters. The maximum absolute atomic E-state index is 13.8. The molecule has 1 unspecified atom stereocenters. The Bertz CT molecular complexity index is 2100. The minimum atomic E-state index is -0.363. The monoisotopic (exact) mass is 557 g/mol. The number of aryl methyl sites for hydroxylation is 1. The molecule has 2 aliphatic heterocycles. The minimum Gasteiger partial charge on any atom is -0.326 e. The standard InChI is InChI=1S/C35H31N3O4/c1-6-7-19-13-25-29-23(33(40)38(35(25)42)15-18(5)36)10-8-20-26-17(4)12-24-28-22(32(39)37(34(24)41)14-16(2)3)11-9-21(30(26)28)27(19)31(20)29/h6-13,16,18H,14-15,36H2,1-5H3/b7-6+. The van der Waals surface area contributed by atoms with E-state index in [-0.39, 0.29) is 42.1 Å². The molecule has 2 heterocycles. The summed E-state index contributed by atoms with van der Waals surface area (Å²) < 4.78 is 0. The molecule has 0 radical (unpaired) electrons. The highest BCUT2D eigenvalue weighted by atomic mass is 16.2. The Morgan fingerprint density at radius 2 is 1.17 bits per heavy atom. The zero-order valence-electron chi connectivity index (χ0n) is 24.3. The first-order chi connectivity index (χ1) is 20.0. The van der Waals surface area contributed by atoms with Crippen molar-refractivity contribution in [3.63, 3.8) is 0 Å². The van der Waals surface area contributed by atoms with Crippen molar-refractivity contribution in [3.8, 4) is 0 Å². The molecule has 0 bridgehead atoms. The summed E-state index contributed by atoms with van der Waals surface area (Å²) >= 11 is 0. The highest BCUT2D eigenvalue weighted by molar-refractivity contribution is 6.42. The zero-order chi connectivity index (χ0) is 29.8. The smallest absolute Gasteiger partial charge is 0.261 e. The fourth-order valence-electron chi connectivity index (χ4n) is 7.10. The lowest BCUT2D eigenvalue weighted by Gasteiger charge is -2.32. The lowest BCUT2D eigenvalue weighted by Crippen LogP contribution is -2.45. The first-order valence-electron chi connectivity index (χ1n) is 14.4. The summed E-state index contributed by atoms with van der Waals surface area (Å²) in [5.74, 6) is -1.12. The van der Waals surface area contributed by atoms with Crippen LogP contribution in [0.4, 0.5) is 0 Å². The van der Waals surface area contributed by atoms with Crippen LogP contribution in [0.2, 0.25) is 0 Å². The molecule has 2 N–H and O–H groups in total. The average Bonchev–Trinajstić information content (AvgIpc) is 2.94. The molecule has 0 aromatic heterocycles. The molecule has 0 saturated heterocycles. The summed E-state index contributed by atoms with van der Waals surface area (Å²) in [7, 11) is 0. The number of benzene rings is 5. The summed E-state index contributed by atoms with van der Waals surface area (Å²) in [5.41, 5.74) is 9.74. The number of amides is 4. The number of fused-ring (bicyclic) bond motifs is 2. The van der Waals surface area contributed by atoms with Crippen molar-refractivity contribution in [2.24, 2.45) is 11.7 Å². The van der Waals surface area contributed by atoms with Crippen LogP contribution >= 0.6 is 0 Å². The average molecular weight is 558 g/mol. The van der Waals surface area contributed by atoms with Gasteiger partial charge in [0.15, 0.2) is 0 Å². The van der Waals surface area contributed by atoms with Gasteiger partial charge in [0.05, 0.1) is 0 Å². The normalized spacial score (nSPS) is 16.2. The highest BCUT2D eigenvalue weighted by Crippen LogP contribution is 2.48. The van der Waals surface area contributed by atoms with E-state index in [1.54, 1.807) is 13.0 Å². The van der Waals surface area contributed by atoms with Gasteiger partial charge in [-0.1, -0.05) is 38.1 Å². The number of rotatable bonds is 5. The SMILES string of the molecule is C/C=C/c1cc2c3c(ccc4c5c(C)cc6c7c(ccc(c1c34)c75)C(=O)N(CC(C)C)C6=O)C(=O)N(CC(C)N)C2=O. The van der Waals surface area contributed by atoms with Crippen molar-refractivity contribution < 1.29 is 19.2 Å². The summed E-state index contributed by atoms with van der Waals surface area (Å²) in [6, 6.07) is 10.9. The van der Waals surface area contributed by atoms with Crippen LogP contribution in [-0.2, 0) is 0 Å². The fraction of sp³-hybridized carbons (Fsp3) is 0.257. The van der Waals surface area contributed by atoms with E-state index in [4.69, 9.17) is 5.73 Å². The molecular weight excluding hydrogens is 526 g/mol. The molecule has 210 valence electrons. The van der Waals surface area contributed by atoms with E-state index in [9.17, 15) is 19.2 Å². The van der Waals surface area contributed by atoms with Crippen molar-refractivity contribution in [2.45, 2.75) is 40.7 Å². The summed E-state index contributed by atoms with van der Waals surface area (Å²) in [4.78, 5) is 57.5. The molecule has 4 amide bonds. The second-order valence-electron chi connectivity index (χ2n) is 12.1. The van der Waals surface area contributed by atoms with Crippen molar-refractivity contribution in [1.82, 2.24) is 9.80 Å². The van der Waals surface area contributed by atoms with Crippen LogP contribution in [0.1, 0.15) is 80.3 Å². The van der Waals surface area contributed by atoms with E-state index in [0.717, 1.165) is 43.4 Å². The molecule has 5 aromatic carbocycles. The number of imide groups is 2. The van der Waals surface area contributed by atoms with Gasteiger partial charge in [0.1, 0.15) is 0 Å². The van der Waals surface area contributed by atoms with E-state index in [0.29, 0.717) is 39.6 Å². The molecule has 0 spiro atoms. The number of carbonyl (C=O) groups excluding carboxylic acids is 4. The van der Waals surface area contributed by atoms with E-state index in [2.05, 4.69) is 0 Å². The van der Waals surface area contributed by atoms with Gasteiger partial charge in [-0.25, -0.2) is 0 Å². The van der Waals surface area contributed by atoms with Crippen molar-refractivity contribution in [2.75, 3.05) is 13.1 Å². The molecule has 7 nitrogen and oxygen atoms in total. The number of nitrogens with two attached hydrogens (primary N) is 1. The van der Waals surface area contributed by atoms with Gasteiger partial charge in [-0.3, -0.25) is 29.0 Å². The Morgan fingerprint density at radius 3 is 1.71 bits per heavy atom. The molecule has 5 aromatic rings. The Morgan fingerprint density at radius 1 is 0.667 bits per heavy atom. The summed E-state index contributed by atoms with van der Waals surface area (Å²) in [6.07, 6.45) is 3.89. The number of hydrogen-bond donors (Lipinski definition) is 1. The molecule has 0 aliphatic carbocycles. The second kappa shape index (κ2) is 8.94. The van der Waals surface area contributed by atoms with Gasteiger partial charge in [-0.15, -0.1) is 0 Å². The highest BCUT2D eigenvalue weighted by Gasteiger charge is 2.38. The van der Waals surface area contributed by atoms with Crippen LogP contribution in [-0.4, -0.2) is 52.6 Å². The van der Waals surface area contributed by atoms with E-state index in [1.165, 1.54) is 9.80 Å². The molecule has 0 fully saturated rings. The second-order valence-corrected chi connectivity index (χ2v) is 12.1. The van der Waals surface area contributed by atoms with Crippen molar-refractivity contribution >= 4 is 72.8 Å². The Hall–Kier alpha value is -4.62. The third kappa shape index (κ3) is 3.31. The maximum atomic E-state index is 13.8. The van der Waals surface area contributed by atoms with Gasteiger partial charge in [0, 0.05) is 52.2 Å². The first-order valence-corrected chi connectivity index (χ1v) is 14.4. The van der Waals surface area contributed by atoms with Crippen LogP contribution < -0.4 is 5.73 Å². The lowest BCUT2D eigenvalue weighted by molar-refractivity contribution is 0.0582. The Balaban J connectivity index is 1.67. The topological polar surface area (TPSA) is 101 Å². The molecular formula is C35H31N3O4. The summed E-state index contributed by atoms with van der Waals surface area (Å²) in [6.45, 7) is 10.1. The predicted molar refractivity (Wildman–Crippen MR) is 166 cm³/mol. The van der Waals surface area contributed by atoms with Gasteiger partial charge >= 0.3 is 0 Å². The molecule has 7 rings (SSSR count). The van der Waals surface area contributed by atoms with E-state index >= 15 is 0 Å². The van der Waals surface area contributed by atoms with Crippen LogP contribution in [0, 0.1) is 12.8 Å². The lowest BCUT2D eigenvalue weighted by atomic mass is 9.79. The Labute approximate surface area is 242 Å². The quantitative estimate of drug-likeness (QED) is 0.156. The molecule has 42 heavy (non-hydrogen) atoms. The third-order valence-corrected chi connectivity index (χ3v) is 8.60. The van der Waals surface area contributed by atoms with E-state index in [1.807, 2.05) is 70.2 Å². The Kier molecular flexibility index (Phi) is 5.59. The van der Waals surface area contributed by atoms with Crippen molar-refractivity contribution in [3.05, 3.63) is 75.9 Å². The minimum absolute atomic E-state index is 0.129. The van der Waals surface area contributed by atoms with Crippen molar-refractivity contribution in [1.29, 1.82) is 0 Å². The van der Waals surface area contributed by atoms with Gasteiger partial charge < -0.3 is 5.73 Å². The molecule has 7 heteroatoms. The number of hydrogen-bond acceptors (Lipinski definition) is 5. The van der Waals surface area contributed by atoms with Gasteiger partial charge in [0.2, 0.25) is 0 Å². The largest absolute Gasteiger partial charge is 0.326 e. The van der Waals surface area contributed by atoms with E-state index < -0.39 is 0 Å². The van der Waals surface area contributed by atoms with Gasteiger partial charge in [-0.2, -0.15) is 0 Å². The molecule has 0 saturated carbocycles. The van der Waals surface area contributed by atoms with Crippen LogP contribution in [0.5, 0.6) is 0 Å². The first kappa shape index (κ1) is 26.3. The number of nitrogens with zero attached hydrogens (tertiary/aromatic N) is 2. The number of allylic oxidation sites excluding steroid dienone is 1. The van der Waals surface area contributed by atoms with Crippen LogP contribution in [0.25, 0.3) is 49.2 Å². The van der Waals surface area contributed by atoms with Gasteiger partial charge in [0.25, 0.3) is 23.6 Å². The predicted octanol–water partition coefficient (Wildman–Crippen LogP) is 6.27. The van der Waals surface area contributed by atoms with Crippen LogP contribution in [0.15, 0.2) is 42.5 Å².